The van der Waals surface area contributed by atoms with Gasteiger partial charge in [0.15, 0.2) is 0 Å². The number of carbonyl (C=O) groups excluding carboxylic acids is 1. The van der Waals surface area contributed by atoms with Crippen LogP contribution in [0.25, 0.3) is 0 Å². The number of nitrogens with two attached hydrogens (primary N) is 1. The maximum atomic E-state index is 12.6. The molecule has 1 aliphatic rings. The molecule has 0 radical (unpaired) electrons. The molecule has 2 atom stereocenters. The first-order valence-corrected chi connectivity index (χ1v) is 8.63. The van der Waals surface area contributed by atoms with Crippen molar-refractivity contribution in [2.24, 2.45) is 11.7 Å². The molecule has 21 heavy (non-hydrogen) atoms. The Morgan fingerprint density at radius 2 is 2.10 bits per heavy atom. The predicted octanol–water partition coefficient (Wildman–Crippen LogP) is 3.88. The van der Waals surface area contributed by atoms with Crippen LogP contribution in [-0.2, 0) is 4.79 Å². The lowest BCUT2D eigenvalue weighted by Crippen LogP contribution is -2.38. The van der Waals surface area contributed by atoms with Gasteiger partial charge in [-0.25, -0.2) is 0 Å². The third kappa shape index (κ3) is 4.30. The molecule has 0 heterocycles. The average Bonchev–Trinajstić information content (AvgIpc) is 3.29. The molecule has 116 valence electrons. The Balaban J connectivity index is 2.09. The van der Waals surface area contributed by atoms with Crippen LogP contribution < -0.4 is 5.73 Å². The third-order valence-corrected chi connectivity index (χ3v) is 4.97. The number of amides is 1. The summed E-state index contributed by atoms with van der Waals surface area (Å²) in [4.78, 5) is 14.6. The summed E-state index contributed by atoms with van der Waals surface area (Å²) in [7, 11) is 0. The van der Waals surface area contributed by atoms with E-state index >= 15 is 0 Å². The van der Waals surface area contributed by atoms with Crippen LogP contribution in [0.2, 0.25) is 0 Å². The number of hydrogen-bond donors (Lipinski definition) is 1. The van der Waals surface area contributed by atoms with Crippen LogP contribution in [0.15, 0.2) is 28.7 Å². The van der Waals surface area contributed by atoms with Crippen molar-refractivity contribution in [2.45, 2.75) is 51.6 Å². The van der Waals surface area contributed by atoms with Crippen LogP contribution in [0.4, 0.5) is 0 Å². The first-order chi connectivity index (χ1) is 10.0. The number of nitrogens with zero attached hydrogens (tertiary/aromatic N) is 1. The van der Waals surface area contributed by atoms with Crippen LogP contribution in [0.3, 0.4) is 0 Å². The Morgan fingerprint density at radius 1 is 1.43 bits per heavy atom. The molecule has 1 aliphatic carbocycles. The van der Waals surface area contributed by atoms with E-state index in [0.29, 0.717) is 12.3 Å². The second-order valence-corrected chi connectivity index (χ2v) is 6.84. The maximum absolute atomic E-state index is 12.6. The van der Waals surface area contributed by atoms with Crippen LogP contribution in [0.1, 0.15) is 51.1 Å². The van der Waals surface area contributed by atoms with Crippen molar-refractivity contribution in [3.63, 3.8) is 0 Å². The monoisotopic (exact) mass is 352 g/mol. The lowest BCUT2D eigenvalue weighted by Gasteiger charge is -2.31. The summed E-state index contributed by atoms with van der Waals surface area (Å²) < 4.78 is 1.05. The summed E-state index contributed by atoms with van der Waals surface area (Å²) in [6, 6.07) is 8.21. The van der Waals surface area contributed by atoms with Crippen LogP contribution >= 0.6 is 15.9 Å². The normalized spacial score (nSPS) is 17.3. The predicted molar refractivity (Wildman–Crippen MR) is 89.9 cm³/mol. The third-order valence-electron chi connectivity index (χ3n) is 4.25. The summed E-state index contributed by atoms with van der Waals surface area (Å²) in [5.74, 6) is 0.746. The topological polar surface area (TPSA) is 46.3 Å². The van der Waals surface area contributed by atoms with Gasteiger partial charge in [-0.05, 0) is 43.7 Å². The zero-order chi connectivity index (χ0) is 15.4. The van der Waals surface area contributed by atoms with Crippen molar-refractivity contribution in [3.05, 3.63) is 34.3 Å². The highest BCUT2D eigenvalue weighted by Crippen LogP contribution is 2.34. The molecule has 1 amide bonds. The van der Waals surface area contributed by atoms with Crippen molar-refractivity contribution in [1.82, 2.24) is 4.90 Å². The van der Waals surface area contributed by atoms with Gasteiger partial charge in [0.25, 0.3) is 0 Å². The quantitative estimate of drug-likeness (QED) is 0.809. The molecule has 0 saturated heterocycles. The number of hydrogen-bond acceptors (Lipinski definition) is 2. The van der Waals surface area contributed by atoms with Gasteiger partial charge >= 0.3 is 0 Å². The number of benzene rings is 1. The summed E-state index contributed by atoms with van der Waals surface area (Å²) in [5, 5.41) is 0. The van der Waals surface area contributed by atoms with E-state index in [1.54, 1.807) is 0 Å². The van der Waals surface area contributed by atoms with Gasteiger partial charge in [-0.2, -0.15) is 0 Å². The summed E-state index contributed by atoms with van der Waals surface area (Å²) in [6.45, 7) is 4.98. The van der Waals surface area contributed by atoms with E-state index in [1.807, 2.05) is 23.1 Å². The molecular formula is C17H25BrN2O. The standard InChI is InChI=1S/C17H25BrN2O/c1-3-10-20(17(21)11-16(19)13-8-9-13)12(2)14-6-4-5-7-15(14)18/h4-7,12-13,16H,3,8-11,19H2,1-2H3. The van der Waals surface area contributed by atoms with E-state index < -0.39 is 0 Å². The molecule has 0 aliphatic heterocycles. The van der Waals surface area contributed by atoms with Gasteiger partial charge in [-0.3, -0.25) is 4.79 Å². The molecule has 1 fully saturated rings. The van der Waals surface area contributed by atoms with Crippen LogP contribution in [0.5, 0.6) is 0 Å². The van der Waals surface area contributed by atoms with E-state index in [0.717, 1.165) is 23.0 Å². The molecule has 1 aromatic carbocycles. The second kappa shape index (κ2) is 7.41. The Bertz CT molecular complexity index is 487. The van der Waals surface area contributed by atoms with Crippen molar-refractivity contribution < 1.29 is 4.79 Å². The first kappa shape index (κ1) is 16.5. The van der Waals surface area contributed by atoms with Gasteiger partial charge < -0.3 is 10.6 Å². The van der Waals surface area contributed by atoms with Gasteiger partial charge in [0.2, 0.25) is 5.91 Å². The molecule has 2 rings (SSSR count). The molecule has 1 aromatic rings. The molecule has 2 N–H and O–H groups in total. The fourth-order valence-corrected chi connectivity index (χ4v) is 3.38. The minimum atomic E-state index is 0.0308. The lowest BCUT2D eigenvalue weighted by molar-refractivity contribution is -0.133. The zero-order valence-corrected chi connectivity index (χ0v) is 14.5. The van der Waals surface area contributed by atoms with E-state index in [9.17, 15) is 4.79 Å². The number of carbonyl (C=O) groups is 1. The van der Waals surface area contributed by atoms with Gasteiger partial charge in [0.1, 0.15) is 0 Å². The fourth-order valence-electron chi connectivity index (χ4n) is 2.77. The van der Waals surface area contributed by atoms with Gasteiger partial charge in [-0.1, -0.05) is 41.1 Å². The van der Waals surface area contributed by atoms with Gasteiger partial charge in [-0.15, -0.1) is 0 Å². The van der Waals surface area contributed by atoms with E-state index in [-0.39, 0.29) is 18.0 Å². The summed E-state index contributed by atoms with van der Waals surface area (Å²) >= 11 is 3.59. The van der Waals surface area contributed by atoms with Gasteiger partial charge in [0, 0.05) is 23.5 Å². The number of rotatable bonds is 7. The SMILES string of the molecule is CCCN(C(=O)CC(N)C1CC1)C(C)c1ccccc1Br. The molecular weight excluding hydrogens is 328 g/mol. The molecule has 0 bridgehead atoms. The molecule has 0 aromatic heterocycles. The molecule has 4 heteroatoms. The summed E-state index contributed by atoms with van der Waals surface area (Å²) in [5.41, 5.74) is 7.28. The van der Waals surface area contributed by atoms with Crippen molar-refractivity contribution in [1.29, 1.82) is 0 Å². The average molecular weight is 353 g/mol. The van der Waals surface area contributed by atoms with Crippen molar-refractivity contribution in [2.75, 3.05) is 6.54 Å². The summed E-state index contributed by atoms with van der Waals surface area (Å²) in [6.07, 6.45) is 3.79. The van der Waals surface area contributed by atoms with Crippen molar-refractivity contribution >= 4 is 21.8 Å². The Labute approximate surface area is 136 Å². The molecule has 0 spiro atoms. The minimum Gasteiger partial charge on any atom is -0.336 e. The fraction of sp³-hybridized carbons (Fsp3) is 0.588. The van der Waals surface area contributed by atoms with Crippen LogP contribution in [-0.4, -0.2) is 23.4 Å². The van der Waals surface area contributed by atoms with Crippen LogP contribution in [0, 0.1) is 5.92 Å². The highest BCUT2D eigenvalue weighted by molar-refractivity contribution is 9.10. The van der Waals surface area contributed by atoms with Crippen molar-refractivity contribution in [3.8, 4) is 0 Å². The Kier molecular flexibility index (Phi) is 5.82. The lowest BCUT2D eigenvalue weighted by atomic mass is 10.0. The smallest absolute Gasteiger partial charge is 0.224 e. The largest absolute Gasteiger partial charge is 0.336 e. The maximum Gasteiger partial charge on any atom is 0.224 e. The van der Waals surface area contributed by atoms with E-state index in [4.69, 9.17) is 5.73 Å². The molecule has 1 saturated carbocycles. The second-order valence-electron chi connectivity index (χ2n) is 5.99. The Hall–Kier alpha value is -0.870. The highest BCUT2D eigenvalue weighted by Gasteiger charge is 2.32. The molecule has 3 nitrogen and oxygen atoms in total. The highest BCUT2D eigenvalue weighted by atomic mass is 79.9. The van der Waals surface area contributed by atoms with E-state index in [1.165, 1.54) is 12.8 Å². The van der Waals surface area contributed by atoms with Gasteiger partial charge in [0.05, 0.1) is 6.04 Å². The number of halogens is 1. The first-order valence-electron chi connectivity index (χ1n) is 7.84. The molecule has 2 unspecified atom stereocenters. The Morgan fingerprint density at radius 3 is 2.67 bits per heavy atom. The zero-order valence-electron chi connectivity index (χ0n) is 12.9. The minimum absolute atomic E-state index is 0.0308. The van der Waals surface area contributed by atoms with E-state index in [2.05, 4.69) is 35.8 Å².